The lowest BCUT2D eigenvalue weighted by molar-refractivity contribution is -0.147. The maximum absolute atomic E-state index is 12.2. The first-order chi connectivity index (χ1) is 9.54. The Bertz CT molecular complexity index is 506. The second kappa shape index (κ2) is 6.85. The number of hydrogen-bond acceptors (Lipinski definition) is 3. The van der Waals surface area contributed by atoms with Crippen LogP contribution in [0.2, 0.25) is 0 Å². The van der Waals surface area contributed by atoms with Crippen LogP contribution in [0.1, 0.15) is 12.0 Å². The Morgan fingerprint density at radius 2 is 2.25 bits per heavy atom. The van der Waals surface area contributed by atoms with E-state index in [4.69, 9.17) is 9.84 Å². The van der Waals surface area contributed by atoms with Gasteiger partial charge in [-0.2, -0.15) is 0 Å². The van der Waals surface area contributed by atoms with Gasteiger partial charge >= 0.3 is 5.97 Å². The molecule has 108 valence electrons. The van der Waals surface area contributed by atoms with Gasteiger partial charge in [-0.1, -0.05) is 28.1 Å². The molecule has 1 heterocycles. The molecule has 1 fully saturated rings. The van der Waals surface area contributed by atoms with Gasteiger partial charge in [-0.25, -0.2) is 0 Å². The summed E-state index contributed by atoms with van der Waals surface area (Å²) in [6.45, 7) is 1.25. The molecular weight excluding hydrogens is 326 g/mol. The average molecular weight is 342 g/mol. The smallest absolute Gasteiger partial charge is 0.306 e. The van der Waals surface area contributed by atoms with Crippen LogP contribution in [-0.2, 0) is 20.7 Å². The Kier molecular flexibility index (Phi) is 5.14. The number of nitrogens with zero attached hydrogens (tertiary/aromatic N) is 1. The van der Waals surface area contributed by atoms with Crippen molar-refractivity contribution in [1.29, 1.82) is 0 Å². The van der Waals surface area contributed by atoms with E-state index in [-0.39, 0.29) is 12.3 Å². The molecule has 0 aliphatic carbocycles. The standard InChI is InChI=1S/C14H16BrNO4/c15-11-3-1-2-10(6-11)7-13(17)16-4-5-20-12(9-16)8-14(18)19/h1-3,6,12H,4-5,7-9H2,(H,18,19). The Morgan fingerprint density at radius 1 is 1.45 bits per heavy atom. The third kappa shape index (κ3) is 4.31. The predicted molar refractivity (Wildman–Crippen MR) is 76.4 cm³/mol. The lowest BCUT2D eigenvalue weighted by atomic mass is 10.1. The Hall–Kier alpha value is -1.40. The van der Waals surface area contributed by atoms with Crippen molar-refractivity contribution in [3.63, 3.8) is 0 Å². The number of carbonyl (C=O) groups excluding carboxylic acids is 1. The van der Waals surface area contributed by atoms with E-state index in [1.165, 1.54) is 0 Å². The molecule has 6 heteroatoms. The van der Waals surface area contributed by atoms with Crippen molar-refractivity contribution >= 4 is 27.8 Å². The van der Waals surface area contributed by atoms with Crippen LogP contribution < -0.4 is 0 Å². The van der Waals surface area contributed by atoms with E-state index in [0.29, 0.717) is 26.1 Å². The van der Waals surface area contributed by atoms with Gasteiger partial charge in [-0.3, -0.25) is 9.59 Å². The highest BCUT2D eigenvalue weighted by Gasteiger charge is 2.25. The molecule has 2 rings (SSSR count). The zero-order valence-corrected chi connectivity index (χ0v) is 12.5. The largest absolute Gasteiger partial charge is 0.481 e. The fourth-order valence-electron chi connectivity index (χ4n) is 2.20. The number of halogens is 1. The lowest BCUT2D eigenvalue weighted by Crippen LogP contribution is -2.46. The van der Waals surface area contributed by atoms with Crippen LogP contribution >= 0.6 is 15.9 Å². The molecule has 1 aromatic rings. The number of hydrogen-bond donors (Lipinski definition) is 1. The van der Waals surface area contributed by atoms with Crippen molar-refractivity contribution in [2.24, 2.45) is 0 Å². The number of ether oxygens (including phenoxy) is 1. The topological polar surface area (TPSA) is 66.8 Å². The molecule has 0 spiro atoms. The normalized spacial score (nSPS) is 18.9. The molecule has 1 aliphatic heterocycles. The van der Waals surface area contributed by atoms with Crippen LogP contribution in [0.4, 0.5) is 0 Å². The van der Waals surface area contributed by atoms with E-state index in [1.54, 1.807) is 4.90 Å². The van der Waals surface area contributed by atoms with Gasteiger partial charge in [0.1, 0.15) is 0 Å². The molecule has 1 N–H and O–H groups in total. The second-order valence-corrected chi connectivity index (χ2v) is 5.65. The highest BCUT2D eigenvalue weighted by Crippen LogP contribution is 2.14. The van der Waals surface area contributed by atoms with Gasteiger partial charge in [0.2, 0.25) is 5.91 Å². The highest BCUT2D eigenvalue weighted by molar-refractivity contribution is 9.10. The van der Waals surface area contributed by atoms with Crippen molar-refractivity contribution in [2.75, 3.05) is 19.7 Å². The monoisotopic (exact) mass is 341 g/mol. The zero-order chi connectivity index (χ0) is 14.5. The van der Waals surface area contributed by atoms with E-state index in [0.717, 1.165) is 10.0 Å². The van der Waals surface area contributed by atoms with Crippen LogP contribution in [0, 0.1) is 0 Å². The summed E-state index contributed by atoms with van der Waals surface area (Å²) in [7, 11) is 0. The zero-order valence-electron chi connectivity index (χ0n) is 10.9. The molecule has 5 nitrogen and oxygen atoms in total. The van der Waals surface area contributed by atoms with Crippen molar-refractivity contribution < 1.29 is 19.4 Å². The molecule has 1 aromatic carbocycles. The van der Waals surface area contributed by atoms with E-state index in [2.05, 4.69) is 15.9 Å². The van der Waals surface area contributed by atoms with Gasteiger partial charge in [-0.15, -0.1) is 0 Å². The summed E-state index contributed by atoms with van der Waals surface area (Å²) in [6, 6.07) is 7.61. The van der Waals surface area contributed by atoms with E-state index < -0.39 is 12.1 Å². The van der Waals surface area contributed by atoms with Gasteiger partial charge in [0.25, 0.3) is 0 Å². The molecular formula is C14H16BrNO4. The lowest BCUT2D eigenvalue weighted by Gasteiger charge is -2.32. The molecule has 0 radical (unpaired) electrons. The quantitative estimate of drug-likeness (QED) is 0.904. The number of carboxylic acids is 1. The Labute approximate surface area is 125 Å². The fourth-order valence-corrected chi connectivity index (χ4v) is 2.64. The first-order valence-corrected chi connectivity index (χ1v) is 7.19. The van der Waals surface area contributed by atoms with Crippen molar-refractivity contribution in [3.05, 3.63) is 34.3 Å². The summed E-state index contributed by atoms with van der Waals surface area (Å²) in [4.78, 5) is 24.6. The number of amides is 1. The van der Waals surface area contributed by atoms with Gasteiger partial charge in [-0.05, 0) is 17.7 Å². The van der Waals surface area contributed by atoms with Crippen molar-refractivity contribution in [1.82, 2.24) is 4.90 Å². The van der Waals surface area contributed by atoms with Crippen molar-refractivity contribution in [2.45, 2.75) is 18.9 Å². The van der Waals surface area contributed by atoms with Crippen LogP contribution in [0.3, 0.4) is 0 Å². The third-order valence-corrected chi connectivity index (χ3v) is 3.63. The average Bonchev–Trinajstić information content (AvgIpc) is 2.38. The summed E-state index contributed by atoms with van der Waals surface area (Å²) < 4.78 is 6.29. The van der Waals surface area contributed by atoms with E-state index >= 15 is 0 Å². The minimum atomic E-state index is -0.906. The van der Waals surface area contributed by atoms with Crippen LogP contribution in [0.25, 0.3) is 0 Å². The van der Waals surface area contributed by atoms with Crippen LogP contribution in [-0.4, -0.2) is 47.7 Å². The van der Waals surface area contributed by atoms with Crippen LogP contribution in [0.15, 0.2) is 28.7 Å². The molecule has 1 amide bonds. The number of morpholine rings is 1. The molecule has 1 aliphatic rings. The molecule has 1 atom stereocenters. The first kappa shape index (κ1) is 15.0. The minimum Gasteiger partial charge on any atom is -0.481 e. The SMILES string of the molecule is O=C(O)CC1CN(C(=O)Cc2cccc(Br)c2)CCO1. The van der Waals surface area contributed by atoms with Crippen LogP contribution in [0.5, 0.6) is 0 Å². The summed E-state index contributed by atoms with van der Waals surface area (Å²) in [5, 5.41) is 8.77. The molecule has 20 heavy (non-hydrogen) atoms. The molecule has 0 aromatic heterocycles. The maximum Gasteiger partial charge on any atom is 0.306 e. The first-order valence-electron chi connectivity index (χ1n) is 6.40. The van der Waals surface area contributed by atoms with Gasteiger partial charge in [0.15, 0.2) is 0 Å². The summed E-state index contributed by atoms with van der Waals surface area (Å²) in [5.74, 6) is -0.905. The molecule has 0 saturated carbocycles. The molecule has 1 unspecified atom stereocenters. The molecule has 0 bridgehead atoms. The Balaban J connectivity index is 1.93. The number of benzene rings is 1. The summed E-state index contributed by atoms with van der Waals surface area (Å²) >= 11 is 3.37. The molecule has 1 saturated heterocycles. The Morgan fingerprint density at radius 3 is 2.95 bits per heavy atom. The van der Waals surface area contributed by atoms with Gasteiger partial charge in [0, 0.05) is 17.6 Å². The number of rotatable bonds is 4. The summed E-state index contributed by atoms with van der Waals surface area (Å²) in [5.41, 5.74) is 0.936. The fraction of sp³-hybridized carbons (Fsp3) is 0.429. The van der Waals surface area contributed by atoms with Gasteiger partial charge in [0.05, 0.1) is 25.6 Å². The number of carbonyl (C=O) groups is 2. The van der Waals surface area contributed by atoms with Gasteiger partial charge < -0.3 is 14.7 Å². The summed E-state index contributed by atoms with van der Waals surface area (Å²) in [6.07, 6.45) is -0.160. The second-order valence-electron chi connectivity index (χ2n) is 4.74. The third-order valence-electron chi connectivity index (χ3n) is 3.14. The van der Waals surface area contributed by atoms with E-state index in [9.17, 15) is 9.59 Å². The highest BCUT2D eigenvalue weighted by atomic mass is 79.9. The minimum absolute atomic E-state index is 0.00166. The van der Waals surface area contributed by atoms with Crippen molar-refractivity contribution in [3.8, 4) is 0 Å². The number of aliphatic carboxylic acids is 1. The van der Waals surface area contributed by atoms with E-state index in [1.807, 2.05) is 24.3 Å². The maximum atomic E-state index is 12.2. The predicted octanol–water partition coefficient (Wildman–Crippen LogP) is 1.69. The number of carboxylic acid groups (broad SMARTS) is 1.